The number of hydrogen-bond acceptors (Lipinski definition) is 3. The molecule has 2 saturated heterocycles. The number of likely N-dealkylation sites (tertiary alicyclic amines) is 1. The van der Waals surface area contributed by atoms with Crippen molar-refractivity contribution in [3.63, 3.8) is 0 Å². The molecule has 0 aromatic heterocycles. The first-order valence-corrected chi connectivity index (χ1v) is 8.82. The molecule has 0 bridgehead atoms. The minimum atomic E-state index is 0.359. The van der Waals surface area contributed by atoms with Crippen LogP contribution in [-0.4, -0.2) is 48.0 Å². The monoisotopic (exact) mass is 284 g/mol. The fraction of sp³-hybridized carbons (Fsp3) is 0.933. The minimum Gasteiger partial charge on any atom is -0.342 e. The Hall–Kier alpha value is -0.220. The molecule has 2 aliphatic heterocycles. The Morgan fingerprint density at radius 2 is 1.89 bits per heavy atom. The van der Waals surface area contributed by atoms with Gasteiger partial charge in [0.25, 0.3) is 0 Å². The maximum absolute atomic E-state index is 12.2. The molecule has 1 unspecified atom stereocenters. The largest absolute Gasteiger partial charge is 0.342 e. The van der Waals surface area contributed by atoms with Gasteiger partial charge >= 0.3 is 0 Å². The second-order valence-electron chi connectivity index (χ2n) is 6.17. The van der Waals surface area contributed by atoms with Crippen molar-refractivity contribution in [3.8, 4) is 0 Å². The quantitative estimate of drug-likeness (QED) is 0.860. The van der Waals surface area contributed by atoms with Crippen molar-refractivity contribution >= 4 is 17.7 Å². The average molecular weight is 284 g/mol. The number of carbonyl (C=O) groups is 1. The molecule has 4 heteroatoms. The van der Waals surface area contributed by atoms with Crippen molar-refractivity contribution in [1.82, 2.24) is 10.2 Å². The highest BCUT2D eigenvalue weighted by atomic mass is 32.2. The molecule has 19 heavy (non-hydrogen) atoms. The predicted octanol–water partition coefficient (Wildman–Crippen LogP) is 2.37. The van der Waals surface area contributed by atoms with Crippen molar-refractivity contribution in [2.45, 2.75) is 44.8 Å². The highest BCUT2D eigenvalue weighted by Gasteiger charge is 2.24. The smallest absolute Gasteiger partial charge is 0.232 e. The highest BCUT2D eigenvalue weighted by molar-refractivity contribution is 8.00. The molecule has 0 saturated carbocycles. The highest BCUT2D eigenvalue weighted by Crippen LogP contribution is 2.27. The van der Waals surface area contributed by atoms with Crippen LogP contribution >= 0.6 is 11.8 Å². The third-order valence-electron chi connectivity index (χ3n) is 4.65. The molecular weight excluding hydrogens is 256 g/mol. The van der Waals surface area contributed by atoms with Gasteiger partial charge in [-0.15, -0.1) is 11.8 Å². The van der Waals surface area contributed by atoms with Gasteiger partial charge in [0.1, 0.15) is 0 Å². The van der Waals surface area contributed by atoms with Gasteiger partial charge in [-0.3, -0.25) is 4.79 Å². The molecule has 2 heterocycles. The van der Waals surface area contributed by atoms with Crippen LogP contribution < -0.4 is 5.32 Å². The predicted molar refractivity (Wildman–Crippen MR) is 82.5 cm³/mol. The number of carbonyl (C=O) groups excluding carboxylic acids is 1. The molecular formula is C15H28N2OS. The molecule has 0 radical (unpaired) electrons. The summed E-state index contributed by atoms with van der Waals surface area (Å²) in [5.74, 6) is 2.63. The number of rotatable bonds is 4. The molecule has 0 aliphatic carbocycles. The maximum Gasteiger partial charge on any atom is 0.232 e. The Balaban J connectivity index is 1.67. The second kappa shape index (κ2) is 7.53. The summed E-state index contributed by atoms with van der Waals surface area (Å²) in [6, 6.07) is 0. The van der Waals surface area contributed by atoms with Gasteiger partial charge in [0.2, 0.25) is 5.91 Å². The molecule has 1 amide bonds. The zero-order valence-corrected chi connectivity index (χ0v) is 13.2. The van der Waals surface area contributed by atoms with Gasteiger partial charge < -0.3 is 10.2 Å². The molecule has 110 valence electrons. The summed E-state index contributed by atoms with van der Waals surface area (Å²) in [5.41, 5.74) is 0. The van der Waals surface area contributed by atoms with E-state index in [0.717, 1.165) is 38.0 Å². The van der Waals surface area contributed by atoms with Crippen molar-refractivity contribution in [2.24, 2.45) is 11.8 Å². The van der Waals surface area contributed by atoms with E-state index < -0.39 is 0 Å². The Labute approximate surface area is 121 Å². The number of thioether (sulfide) groups is 1. The number of piperidine rings is 2. The van der Waals surface area contributed by atoms with E-state index in [0.29, 0.717) is 16.9 Å². The Kier molecular flexibility index (Phi) is 6.02. The van der Waals surface area contributed by atoms with E-state index in [9.17, 15) is 4.79 Å². The lowest BCUT2D eigenvalue weighted by Gasteiger charge is -2.31. The van der Waals surface area contributed by atoms with Crippen LogP contribution in [0.25, 0.3) is 0 Å². The molecule has 0 aromatic rings. The lowest BCUT2D eigenvalue weighted by molar-refractivity contribution is -0.129. The van der Waals surface area contributed by atoms with E-state index in [1.807, 2.05) is 11.8 Å². The van der Waals surface area contributed by atoms with Gasteiger partial charge in [0.15, 0.2) is 0 Å². The summed E-state index contributed by atoms with van der Waals surface area (Å²) < 4.78 is 0. The Bertz CT molecular complexity index is 284. The van der Waals surface area contributed by atoms with Crippen LogP contribution in [-0.2, 0) is 4.79 Å². The van der Waals surface area contributed by atoms with Crippen molar-refractivity contribution in [3.05, 3.63) is 0 Å². The third-order valence-corrected chi connectivity index (χ3v) is 5.98. The summed E-state index contributed by atoms with van der Waals surface area (Å²) in [6.45, 7) is 8.83. The summed E-state index contributed by atoms with van der Waals surface area (Å²) in [6.07, 6.45) is 4.90. The zero-order valence-electron chi connectivity index (χ0n) is 12.4. The second-order valence-corrected chi connectivity index (χ2v) is 7.53. The van der Waals surface area contributed by atoms with Crippen molar-refractivity contribution < 1.29 is 4.79 Å². The third kappa shape index (κ3) is 4.67. The van der Waals surface area contributed by atoms with Gasteiger partial charge in [-0.25, -0.2) is 0 Å². The summed E-state index contributed by atoms with van der Waals surface area (Å²) in [7, 11) is 0. The van der Waals surface area contributed by atoms with E-state index in [-0.39, 0.29) is 0 Å². The number of nitrogens with one attached hydrogen (secondary N) is 1. The van der Waals surface area contributed by atoms with Crippen LogP contribution in [0.5, 0.6) is 0 Å². The van der Waals surface area contributed by atoms with E-state index in [2.05, 4.69) is 24.1 Å². The SMILES string of the molecule is CC1CCN(C(=O)CSC(C)C2CCNCC2)CC1. The fourth-order valence-electron chi connectivity index (χ4n) is 3.00. The normalized spacial score (nSPS) is 24.4. The molecule has 0 spiro atoms. The molecule has 2 aliphatic rings. The van der Waals surface area contributed by atoms with Gasteiger partial charge in [-0.2, -0.15) is 0 Å². The number of nitrogens with zero attached hydrogens (tertiary/aromatic N) is 1. The maximum atomic E-state index is 12.2. The van der Waals surface area contributed by atoms with E-state index >= 15 is 0 Å². The van der Waals surface area contributed by atoms with Crippen LogP contribution in [0, 0.1) is 11.8 Å². The van der Waals surface area contributed by atoms with Gasteiger partial charge in [-0.1, -0.05) is 13.8 Å². The summed E-state index contributed by atoms with van der Waals surface area (Å²) in [4.78, 5) is 14.3. The number of hydrogen-bond donors (Lipinski definition) is 1. The first kappa shape index (κ1) is 15.2. The first-order valence-electron chi connectivity index (χ1n) is 7.77. The van der Waals surface area contributed by atoms with Crippen LogP contribution in [0.4, 0.5) is 0 Å². The fourth-order valence-corrected chi connectivity index (χ4v) is 4.13. The molecule has 3 nitrogen and oxygen atoms in total. The number of amides is 1. The van der Waals surface area contributed by atoms with Gasteiger partial charge in [-0.05, 0) is 50.6 Å². The zero-order chi connectivity index (χ0) is 13.7. The van der Waals surface area contributed by atoms with Crippen LogP contribution in [0.1, 0.15) is 39.5 Å². The van der Waals surface area contributed by atoms with Crippen molar-refractivity contribution in [2.75, 3.05) is 31.9 Å². The standard InChI is InChI=1S/C15H28N2OS/c1-12-5-9-17(10-6-12)15(18)11-19-13(2)14-3-7-16-8-4-14/h12-14,16H,3-11H2,1-2H3. The molecule has 1 atom stereocenters. The Morgan fingerprint density at radius 3 is 2.53 bits per heavy atom. The summed E-state index contributed by atoms with van der Waals surface area (Å²) >= 11 is 1.87. The summed E-state index contributed by atoms with van der Waals surface area (Å²) in [5, 5.41) is 4.03. The average Bonchev–Trinajstić information content (AvgIpc) is 2.46. The minimum absolute atomic E-state index is 0.359. The van der Waals surface area contributed by atoms with E-state index in [4.69, 9.17) is 0 Å². The van der Waals surface area contributed by atoms with Crippen LogP contribution in [0.3, 0.4) is 0 Å². The van der Waals surface area contributed by atoms with E-state index in [1.165, 1.54) is 25.7 Å². The topological polar surface area (TPSA) is 32.3 Å². The van der Waals surface area contributed by atoms with Crippen molar-refractivity contribution in [1.29, 1.82) is 0 Å². The lowest BCUT2D eigenvalue weighted by atomic mass is 9.95. The van der Waals surface area contributed by atoms with Crippen LogP contribution in [0.15, 0.2) is 0 Å². The van der Waals surface area contributed by atoms with Crippen LogP contribution in [0.2, 0.25) is 0 Å². The molecule has 2 rings (SSSR count). The molecule has 1 N–H and O–H groups in total. The molecule has 0 aromatic carbocycles. The van der Waals surface area contributed by atoms with Gasteiger partial charge in [0, 0.05) is 18.3 Å². The first-order chi connectivity index (χ1) is 9.16. The molecule has 2 fully saturated rings. The Morgan fingerprint density at radius 1 is 1.26 bits per heavy atom. The van der Waals surface area contributed by atoms with E-state index in [1.54, 1.807) is 0 Å². The lowest BCUT2D eigenvalue weighted by Crippen LogP contribution is -2.39. The van der Waals surface area contributed by atoms with Gasteiger partial charge in [0.05, 0.1) is 5.75 Å².